The maximum absolute atomic E-state index is 11.8. The molecule has 1 atom stereocenters. The fraction of sp³-hybridized carbons (Fsp3) is 0.357. The number of Topliss-reactive ketones (excluding diaryl/α,β-unsaturated/α-hetero) is 1. The first-order chi connectivity index (χ1) is 7.86. The topological polar surface area (TPSA) is 29.1 Å². The summed E-state index contributed by atoms with van der Waals surface area (Å²) in [6, 6.07) is 9.93. The zero-order chi connectivity index (χ0) is 11.2. The zero-order valence-corrected chi connectivity index (χ0v) is 9.36. The fourth-order valence-electron chi connectivity index (χ4n) is 1.94. The highest BCUT2D eigenvalue weighted by Gasteiger charge is 2.11. The fourth-order valence-corrected chi connectivity index (χ4v) is 1.94. The molecule has 2 nitrogen and oxygen atoms in total. The molecule has 0 heterocycles. The number of benzene rings is 1. The van der Waals surface area contributed by atoms with Crippen LogP contribution in [0, 0.1) is 0 Å². The van der Waals surface area contributed by atoms with Crippen molar-refractivity contribution in [3.63, 3.8) is 0 Å². The van der Waals surface area contributed by atoms with Crippen molar-refractivity contribution in [2.45, 2.75) is 25.3 Å². The van der Waals surface area contributed by atoms with Gasteiger partial charge in [0.05, 0.1) is 6.54 Å². The van der Waals surface area contributed by atoms with Gasteiger partial charge in [0.1, 0.15) is 0 Å². The van der Waals surface area contributed by atoms with Gasteiger partial charge in [-0.05, 0) is 19.3 Å². The lowest BCUT2D eigenvalue weighted by Gasteiger charge is -2.18. The van der Waals surface area contributed by atoms with Gasteiger partial charge in [-0.2, -0.15) is 0 Å². The smallest absolute Gasteiger partial charge is 0.176 e. The largest absolute Gasteiger partial charge is 0.307 e. The van der Waals surface area contributed by atoms with Crippen LogP contribution in [0.25, 0.3) is 0 Å². The van der Waals surface area contributed by atoms with Crippen LogP contribution >= 0.6 is 0 Å². The van der Waals surface area contributed by atoms with Crippen LogP contribution in [-0.4, -0.2) is 18.4 Å². The number of hydrogen-bond acceptors (Lipinski definition) is 2. The van der Waals surface area contributed by atoms with Gasteiger partial charge in [0.2, 0.25) is 0 Å². The van der Waals surface area contributed by atoms with Gasteiger partial charge in [-0.25, -0.2) is 0 Å². The number of ketones is 1. The lowest BCUT2D eigenvalue weighted by molar-refractivity contribution is 0.0986. The quantitative estimate of drug-likeness (QED) is 0.618. The van der Waals surface area contributed by atoms with Gasteiger partial charge in [-0.1, -0.05) is 42.5 Å². The minimum absolute atomic E-state index is 0.176. The summed E-state index contributed by atoms with van der Waals surface area (Å²) in [7, 11) is 0. The van der Waals surface area contributed by atoms with Crippen molar-refractivity contribution in [2.24, 2.45) is 0 Å². The molecule has 1 aliphatic rings. The van der Waals surface area contributed by atoms with Crippen LogP contribution in [0.2, 0.25) is 0 Å². The van der Waals surface area contributed by atoms with Gasteiger partial charge < -0.3 is 5.32 Å². The maximum atomic E-state index is 11.8. The lowest BCUT2D eigenvalue weighted by Crippen LogP contribution is -2.34. The molecule has 16 heavy (non-hydrogen) atoms. The van der Waals surface area contributed by atoms with Crippen molar-refractivity contribution in [3.05, 3.63) is 48.0 Å². The summed E-state index contributed by atoms with van der Waals surface area (Å²) in [4.78, 5) is 11.8. The van der Waals surface area contributed by atoms with E-state index >= 15 is 0 Å². The van der Waals surface area contributed by atoms with Crippen molar-refractivity contribution in [1.82, 2.24) is 5.32 Å². The molecule has 1 N–H and O–H groups in total. The van der Waals surface area contributed by atoms with Crippen LogP contribution in [0.1, 0.15) is 29.6 Å². The van der Waals surface area contributed by atoms with E-state index in [1.54, 1.807) is 0 Å². The second-order valence-corrected chi connectivity index (χ2v) is 4.15. The Morgan fingerprint density at radius 1 is 1.25 bits per heavy atom. The summed E-state index contributed by atoms with van der Waals surface area (Å²) in [6.45, 7) is 0.447. The van der Waals surface area contributed by atoms with Crippen molar-refractivity contribution in [1.29, 1.82) is 0 Å². The van der Waals surface area contributed by atoms with E-state index in [2.05, 4.69) is 17.5 Å². The summed E-state index contributed by atoms with van der Waals surface area (Å²) < 4.78 is 0. The normalized spacial score (nSPS) is 19.6. The Kier molecular flexibility index (Phi) is 3.89. The molecule has 0 aliphatic heterocycles. The van der Waals surface area contributed by atoms with Crippen LogP contribution in [0.3, 0.4) is 0 Å². The maximum Gasteiger partial charge on any atom is 0.176 e. The third-order valence-corrected chi connectivity index (χ3v) is 2.92. The minimum atomic E-state index is 0.176. The third-order valence-electron chi connectivity index (χ3n) is 2.92. The Morgan fingerprint density at radius 3 is 2.75 bits per heavy atom. The minimum Gasteiger partial charge on any atom is -0.307 e. The van der Waals surface area contributed by atoms with Crippen molar-refractivity contribution >= 4 is 5.78 Å². The molecular formula is C14H17NO. The van der Waals surface area contributed by atoms with Gasteiger partial charge in [-0.3, -0.25) is 4.79 Å². The average molecular weight is 215 g/mol. The molecule has 1 aromatic carbocycles. The van der Waals surface area contributed by atoms with Crippen LogP contribution in [0.4, 0.5) is 0 Å². The SMILES string of the molecule is O=C(CNC1CC=CCC1)c1ccccc1. The molecular weight excluding hydrogens is 198 g/mol. The predicted molar refractivity (Wildman–Crippen MR) is 65.6 cm³/mol. The molecule has 1 aromatic rings. The highest BCUT2D eigenvalue weighted by Crippen LogP contribution is 2.10. The van der Waals surface area contributed by atoms with Gasteiger partial charge in [-0.15, -0.1) is 0 Å². The number of nitrogens with one attached hydrogen (secondary N) is 1. The average Bonchev–Trinajstić information content (AvgIpc) is 2.38. The molecule has 0 radical (unpaired) electrons. The van der Waals surface area contributed by atoms with Gasteiger partial charge >= 0.3 is 0 Å². The van der Waals surface area contributed by atoms with Crippen LogP contribution in [0.5, 0.6) is 0 Å². The predicted octanol–water partition coefficient (Wildman–Crippen LogP) is 2.57. The number of carbonyl (C=O) groups is 1. The second kappa shape index (κ2) is 5.61. The lowest BCUT2D eigenvalue weighted by atomic mass is 10.0. The highest BCUT2D eigenvalue weighted by atomic mass is 16.1. The summed E-state index contributed by atoms with van der Waals surface area (Å²) in [6.07, 6.45) is 7.70. The molecule has 0 fully saturated rings. The van der Waals surface area contributed by atoms with E-state index in [4.69, 9.17) is 0 Å². The molecule has 0 aromatic heterocycles. The van der Waals surface area contributed by atoms with E-state index in [-0.39, 0.29) is 5.78 Å². The van der Waals surface area contributed by atoms with Gasteiger partial charge in [0.25, 0.3) is 0 Å². The number of hydrogen-bond donors (Lipinski definition) is 1. The van der Waals surface area contributed by atoms with Gasteiger partial charge in [0.15, 0.2) is 5.78 Å². The van der Waals surface area contributed by atoms with Crippen LogP contribution in [0.15, 0.2) is 42.5 Å². The molecule has 1 unspecified atom stereocenters. The molecule has 0 saturated carbocycles. The first-order valence-corrected chi connectivity index (χ1v) is 5.83. The zero-order valence-electron chi connectivity index (χ0n) is 9.36. The van der Waals surface area contributed by atoms with Crippen molar-refractivity contribution in [3.8, 4) is 0 Å². The molecule has 2 heteroatoms. The molecule has 2 rings (SSSR count). The molecule has 0 amide bonds. The number of rotatable bonds is 4. The van der Waals surface area contributed by atoms with Crippen LogP contribution in [-0.2, 0) is 0 Å². The summed E-state index contributed by atoms with van der Waals surface area (Å²) in [5.41, 5.74) is 0.793. The van der Waals surface area contributed by atoms with Crippen LogP contribution < -0.4 is 5.32 Å². The molecule has 0 bridgehead atoms. The van der Waals surface area contributed by atoms with E-state index < -0.39 is 0 Å². The summed E-state index contributed by atoms with van der Waals surface area (Å²) >= 11 is 0. The van der Waals surface area contributed by atoms with E-state index in [1.807, 2.05) is 30.3 Å². The first kappa shape index (κ1) is 11.1. The monoisotopic (exact) mass is 215 g/mol. The van der Waals surface area contributed by atoms with E-state index in [0.29, 0.717) is 12.6 Å². The summed E-state index contributed by atoms with van der Waals surface area (Å²) in [5.74, 6) is 0.176. The van der Waals surface area contributed by atoms with Crippen molar-refractivity contribution in [2.75, 3.05) is 6.54 Å². The molecule has 0 spiro atoms. The third kappa shape index (κ3) is 3.04. The summed E-state index contributed by atoms with van der Waals surface area (Å²) in [5, 5.41) is 3.32. The van der Waals surface area contributed by atoms with E-state index in [1.165, 1.54) is 0 Å². The van der Waals surface area contributed by atoms with Gasteiger partial charge in [0, 0.05) is 11.6 Å². The number of allylic oxidation sites excluding steroid dienone is 1. The Morgan fingerprint density at radius 2 is 2.06 bits per heavy atom. The molecule has 1 aliphatic carbocycles. The first-order valence-electron chi connectivity index (χ1n) is 5.83. The van der Waals surface area contributed by atoms with Crippen molar-refractivity contribution < 1.29 is 4.79 Å². The standard InChI is InChI=1S/C14H17NO/c16-14(12-7-3-1-4-8-12)11-15-13-9-5-2-6-10-13/h1-5,7-8,13,15H,6,9-11H2. The Labute approximate surface area is 96.4 Å². The molecule has 0 saturated heterocycles. The second-order valence-electron chi connectivity index (χ2n) is 4.15. The Bertz CT molecular complexity index is 370. The number of carbonyl (C=O) groups excluding carboxylic acids is 1. The Hall–Kier alpha value is -1.41. The highest BCUT2D eigenvalue weighted by molar-refractivity contribution is 5.97. The Balaban J connectivity index is 1.82. The van der Waals surface area contributed by atoms with E-state index in [0.717, 1.165) is 24.8 Å². The molecule has 84 valence electrons. The van der Waals surface area contributed by atoms with E-state index in [9.17, 15) is 4.79 Å².